The van der Waals surface area contributed by atoms with Gasteiger partial charge in [-0.05, 0) is 30.9 Å². The van der Waals surface area contributed by atoms with Gasteiger partial charge in [0.1, 0.15) is 12.1 Å². The van der Waals surface area contributed by atoms with Gasteiger partial charge in [-0.1, -0.05) is 13.0 Å². The third-order valence-corrected chi connectivity index (χ3v) is 9.00. The van der Waals surface area contributed by atoms with Gasteiger partial charge in [0.25, 0.3) is 0 Å². The van der Waals surface area contributed by atoms with E-state index in [1.807, 2.05) is 6.07 Å². The monoisotopic (exact) mass is 416 g/mol. The highest BCUT2D eigenvalue weighted by Crippen LogP contribution is 2.66. The predicted molar refractivity (Wildman–Crippen MR) is 111 cm³/mol. The van der Waals surface area contributed by atoms with Crippen LogP contribution in [0.1, 0.15) is 50.2 Å². The molecule has 3 aliphatic carbocycles. The fraction of sp³-hybridized carbons (Fsp3) is 0.750. The minimum Gasteiger partial charge on any atom is -0.504 e. The normalized spacial score (nSPS) is 45.7. The number of aliphatic hydroxyl groups is 2. The second-order valence-electron chi connectivity index (χ2n) is 10.7. The summed E-state index contributed by atoms with van der Waals surface area (Å²) in [5.74, 6) is 1.34. The van der Waals surface area contributed by atoms with E-state index in [9.17, 15) is 15.3 Å². The van der Waals surface area contributed by atoms with Crippen LogP contribution >= 0.6 is 0 Å². The van der Waals surface area contributed by atoms with E-state index in [0.717, 1.165) is 53.9 Å². The molecule has 30 heavy (non-hydrogen) atoms. The van der Waals surface area contributed by atoms with Gasteiger partial charge < -0.3 is 29.3 Å². The number of hydrogen-bond acceptors (Lipinski definition) is 5. The second-order valence-corrected chi connectivity index (χ2v) is 10.7. The molecule has 7 atom stereocenters. The van der Waals surface area contributed by atoms with Gasteiger partial charge in [0.05, 0.1) is 37.8 Å². The standard InChI is InChI=1S/C24H33NO5/c1-3-10-29-19-12-17(27)22-23-8-9-25(2,13-14-4-5-14)18(24(19,23)28)11-15-6-7-16(26)21(30-22)20(15)23/h6-7,14,17-19,22,27-28H,3-5,8-13H2,1-2H3/p+1/t17-,18-,19+,22+,23+,24+,25?/m1/s1. The number of aliphatic hydroxyl groups excluding tert-OH is 1. The van der Waals surface area contributed by atoms with Crippen molar-refractivity contribution >= 4 is 0 Å². The minimum atomic E-state index is -1.12. The molecule has 6 heteroatoms. The highest BCUT2D eigenvalue weighted by molar-refractivity contribution is 5.62. The van der Waals surface area contributed by atoms with E-state index in [1.165, 1.54) is 12.8 Å². The average Bonchev–Trinajstić information content (AvgIpc) is 3.44. The van der Waals surface area contributed by atoms with E-state index in [0.29, 0.717) is 18.8 Å². The lowest BCUT2D eigenvalue weighted by molar-refractivity contribution is -0.951. The smallest absolute Gasteiger partial charge is 0.165 e. The summed E-state index contributed by atoms with van der Waals surface area (Å²) in [6.07, 6.45) is 3.61. The molecule has 6 rings (SSSR count). The molecule has 5 aliphatic rings. The first-order chi connectivity index (χ1) is 14.3. The van der Waals surface area contributed by atoms with E-state index in [4.69, 9.17) is 9.47 Å². The Bertz CT molecular complexity index is 887. The van der Waals surface area contributed by atoms with Gasteiger partial charge in [-0.2, -0.15) is 0 Å². The fourth-order valence-corrected chi connectivity index (χ4v) is 7.60. The maximum atomic E-state index is 12.8. The largest absolute Gasteiger partial charge is 0.504 e. The van der Waals surface area contributed by atoms with Crippen molar-refractivity contribution in [2.75, 3.05) is 26.7 Å². The number of likely N-dealkylation sites (N-methyl/N-ethyl adjacent to an activating group) is 1. The van der Waals surface area contributed by atoms with Gasteiger partial charge >= 0.3 is 0 Å². The van der Waals surface area contributed by atoms with Crippen molar-refractivity contribution in [1.82, 2.24) is 0 Å². The zero-order chi connectivity index (χ0) is 20.9. The number of benzene rings is 1. The summed E-state index contributed by atoms with van der Waals surface area (Å²) in [6, 6.07) is 3.71. The molecular weight excluding hydrogens is 382 g/mol. The van der Waals surface area contributed by atoms with Crippen LogP contribution in [0.3, 0.4) is 0 Å². The highest BCUT2D eigenvalue weighted by atomic mass is 16.5. The van der Waals surface area contributed by atoms with Crippen molar-refractivity contribution in [3.05, 3.63) is 23.3 Å². The summed E-state index contributed by atoms with van der Waals surface area (Å²) in [6.45, 7) is 4.69. The molecule has 1 spiro atoms. The van der Waals surface area contributed by atoms with Gasteiger partial charge in [0.2, 0.25) is 0 Å². The number of likely N-dealkylation sites (tertiary alicyclic amines) is 1. The molecule has 0 radical (unpaired) electrons. The van der Waals surface area contributed by atoms with Crippen LogP contribution in [0.4, 0.5) is 0 Å². The maximum absolute atomic E-state index is 12.8. The summed E-state index contributed by atoms with van der Waals surface area (Å²) in [5.41, 5.74) is 0.243. The van der Waals surface area contributed by atoms with Crippen molar-refractivity contribution in [3.8, 4) is 11.5 Å². The number of hydrogen-bond donors (Lipinski definition) is 3. The van der Waals surface area contributed by atoms with Crippen LogP contribution in [-0.2, 0) is 16.6 Å². The van der Waals surface area contributed by atoms with Crippen LogP contribution in [0.25, 0.3) is 0 Å². The molecule has 2 heterocycles. The Morgan fingerprint density at radius 3 is 2.83 bits per heavy atom. The number of phenolic OH excluding ortho intramolecular Hbond substituents is 1. The third kappa shape index (κ3) is 2.18. The second kappa shape index (κ2) is 6.12. The number of rotatable bonds is 5. The average molecular weight is 417 g/mol. The Kier molecular flexibility index (Phi) is 3.95. The van der Waals surface area contributed by atoms with Crippen molar-refractivity contribution in [2.45, 2.75) is 80.8 Å². The fourth-order valence-electron chi connectivity index (χ4n) is 7.60. The minimum absolute atomic E-state index is 0.00435. The zero-order valence-electron chi connectivity index (χ0n) is 18.0. The molecule has 2 saturated carbocycles. The molecule has 0 aromatic heterocycles. The van der Waals surface area contributed by atoms with Gasteiger partial charge in [-0.15, -0.1) is 0 Å². The summed E-state index contributed by atoms with van der Waals surface area (Å²) in [7, 11) is 2.31. The number of quaternary nitrogens is 1. The lowest BCUT2D eigenvalue weighted by Gasteiger charge is -2.67. The number of ether oxygens (including phenoxy) is 2. The Labute approximate surface area is 178 Å². The van der Waals surface area contributed by atoms with E-state index < -0.39 is 29.3 Å². The first-order valence-corrected chi connectivity index (χ1v) is 11.7. The van der Waals surface area contributed by atoms with E-state index >= 15 is 0 Å². The van der Waals surface area contributed by atoms with Gasteiger partial charge in [-0.25, -0.2) is 0 Å². The van der Waals surface area contributed by atoms with E-state index in [2.05, 4.69) is 14.0 Å². The van der Waals surface area contributed by atoms with E-state index in [-0.39, 0.29) is 11.8 Å². The molecular formula is C24H34NO5+. The van der Waals surface area contributed by atoms with Crippen LogP contribution in [0.15, 0.2) is 12.1 Å². The lowest BCUT2D eigenvalue weighted by atomic mass is 9.47. The third-order valence-electron chi connectivity index (χ3n) is 9.00. The molecule has 3 fully saturated rings. The number of nitrogens with zero attached hydrogens (tertiary/aromatic N) is 1. The molecule has 2 bridgehead atoms. The number of phenols is 1. The Balaban J connectivity index is 1.57. The molecule has 2 aliphatic heterocycles. The summed E-state index contributed by atoms with van der Waals surface area (Å²) < 4.78 is 13.4. The first kappa shape index (κ1) is 19.4. The van der Waals surface area contributed by atoms with Crippen molar-refractivity contribution in [3.63, 3.8) is 0 Å². The molecule has 1 aromatic carbocycles. The predicted octanol–water partition coefficient (Wildman–Crippen LogP) is 1.87. The van der Waals surface area contributed by atoms with Crippen LogP contribution in [0.2, 0.25) is 0 Å². The highest BCUT2D eigenvalue weighted by Gasteiger charge is 2.79. The number of piperidine rings is 1. The molecule has 0 amide bonds. The quantitative estimate of drug-likeness (QED) is 0.639. The first-order valence-electron chi connectivity index (χ1n) is 11.7. The van der Waals surface area contributed by atoms with Crippen LogP contribution < -0.4 is 4.74 Å². The van der Waals surface area contributed by atoms with Gasteiger partial charge in [0.15, 0.2) is 17.1 Å². The van der Waals surface area contributed by atoms with E-state index in [1.54, 1.807) is 6.07 Å². The SMILES string of the molecule is CCCO[C@H]1C[C@@H](O)[C@@H]2Oc3c(O)ccc4c3[C@@]23CC[N+](C)(CC2CC2)[C@H](C4)[C@]13O. The number of aromatic hydroxyl groups is 1. The van der Waals surface area contributed by atoms with Crippen LogP contribution in [0, 0.1) is 5.92 Å². The molecule has 1 aromatic rings. The topological polar surface area (TPSA) is 79.2 Å². The zero-order valence-corrected chi connectivity index (χ0v) is 18.0. The van der Waals surface area contributed by atoms with Crippen LogP contribution in [-0.4, -0.2) is 76.5 Å². The van der Waals surface area contributed by atoms with Crippen molar-refractivity contribution < 1.29 is 29.3 Å². The molecule has 1 unspecified atom stereocenters. The molecule has 6 nitrogen and oxygen atoms in total. The van der Waals surface area contributed by atoms with Crippen LogP contribution in [0.5, 0.6) is 11.5 Å². The summed E-state index contributed by atoms with van der Waals surface area (Å²) in [4.78, 5) is 0. The molecule has 1 saturated heterocycles. The van der Waals surface area contributed by atoms with Crippen molar-refractivity contribution in [2.24, 2.45) is 5.92 Å². The van der Waals surface area contributed by atoms with Crippen molar-refractivity contribution in [1.29, 1.82) is 0 Å². The summed E-state index contributed by atoms with van der Waals surface area (Å²) >= 11 is 0. The van der Waals surface area contributed by atoms with Gasteiger partial charge in [0, 0.05) is 37.4 Å². The Morgan fingerprint density at radius 2 is 2.10 bits per heavy atom. The lowest BCUT2D eigenvalue weighted by Crippen LogP contribution is -2.85. The molecule has 3 N–H and O–H groups in total. The maximum Gasteiger partial charge on any atom is 0.165 e. The molecule has 164 valence electrons. The Hall–Kier alpha value is -1.34. The Morgan fingerprint density at radius 1 is 1.30 bits per heavy atom. The summed E-state index contributed by atoms with van der Waals surface area (Å²) in [5, 5.41) is 34.5. The van der Waals surface area contributed by atoms with Gasteiger partial charge in [-0.3, -0.25) is 0 Å².